The largest absolute Gasteiger partial charge is 0.371 e. The quantitative estimate of drug-likeness (QED) is 0.0578. The fourth-order valence-corrected chi connectivity index (χ4v) is 18.9. The number of piperidine rings is 4. The van der Waals surface area contributed by atoms with E-state index in [1.54, 1.807) is 26.3 Å². The van der Waals surface area contributed by atoms with Crippen LogP contribution in [-0.4, -0.2) is 187 Å². The Morgan fingerprint density at radius 1 is 0.368 bits per heavy atom. The van der Waals surface area contributed by atoms with Gasteiger partial charge in [0.1, 0.15) is 17.0 Å². The first kappa shape index (κ1) is 87.0. The Morgan fingerprint density at radius 3 is 1.00 bits per heavy atom. The smallest absolute Gasteiger partial charge is 0.111 e. The van der Waals surface area contributed by atoms with E-state index in [0.29, 0.717) is 62.7 Å². The molecule has 0 saturated carbocycles. The number of hydrogen-bond donors (Lipinski definition) is 4. The van der Waals surface area contributed by atoms with Gasteiger partial charge in [-0.25, -0.2) is 13.2 Å². The minimum Gasteiger partial charge on any atom is -0.371 e. The van der Waals surface area contributed by atoms with Gasteiger partial charge in [0.05, 0.1) is 22.8 Å². The molecule has 0 unspecified atom stereocenters. The minimum atomic E-state index is -1.01. The maximum atomic E-state index is 14.3. The molecule has 19 heteroatoms. The molecule has 630 valence electrons. The van der Waals surface area contributed by atoms with Gasteiger partial charge in [-0.15, -0.1) is 0 Å². The van der Waals surface area contributed by atoms with Gasteiger partial charge in [0.15, 0.2) is 0 Å². The number of aromatic nitrogens is 4. The van der Waals surface area contributed by atoms with Crippen LogP contribution < -0.4 is 40.9 Å². The first-order valence-electron chi connectivity index (χ1n) is 43.9. The summed E-state index contributed by atoms with van der Waals surface area (Å²) in [6.07, 6.45) is 18.2. The number of benzene rings is 4. The number of alkyl halides is 3. The third-order valence-electron chi connectivity index (χ3n) is 26.2. The van der Waals surface area contributed by atoms with Crippen molar-refractivity contribution in [3.63, 3.8) is 0 Å². The van der Waals surface area contributed by atoms with Crippen LogP contribution >= 0.6 is 0 Å². The average molecular weight is 1600 g/mol. The molecule has 8 aromatic rings. The highest BCUT2D eigenvalue weighted by Crippen LogP contribution is 2.39. The van der Waals surface area contributed by atoms with E-state index in [4.69, 9.17) is 0 Å². The Hall–Kier alpha value is -7.85. The van der Waals surface area contributed by atoms with Crippen LogP contribution in [0.4, 0.5) is 35.9 Å². The molecule has 16 rings (SSSR count). The lowest BCUT2D eigenvalue weighted by atomic mass is 9.91. The highest BCUT2D eigenvalue weighted by Gasteiger charge is 2.36. The molecule has 8 aliphatic heterocycles. The molecule has 4 atom stereocenters. The number of nitrogens with zero attached hydrogens (tertiary/aromatic N) is 12. The summed E-state index contributed by atoms with van der Waals surface area (Å²) in [6.45, 7) is 38.7. The van der Waals surface area contributed by atoms with E-state index in [-0.39, 0.29) is 0 Å². The number of fused-ring (bicyclic) bond motifs is 4. The monoisotopic (exact) mass is 1600 g/mol. The molecule has 0 amide bonds. The predicted molar refractivity (Wildman–Crippen MR) is 477 cm³/mol. The third kappa shape index (κ3) is 24.0. The molecule has 0 aliphatic carbocycles. The predicted octanol–water partition coefficient (Wildman–Crippen LogP) is 16.0. The van der Waals surface area contributed by atoms with Gasteiger partial charge in [-0.1, -0.05) is 79.7 Å². The van der Waals surface area contributed by atoms with Gasteiger partial charge in [0, 0.05) is 203 Å². The van der Waals surface area contributed by atoms with Gasteiger partial charge < -0.3 is 40.9 Å². The third-order valence-corrected chi connectivity index (χ3v) is 26.2. The summed E-state index contributed by atoms with van der Waals surface area (Å²) in [5.41, 5.74) is 26.0. The molecule has 4 aromatic heterocycles. The Labute approximate surface area is 699 Å². The molecule has 8 aliphatic rings. The zero-order chi connectivity index (χ0) is 82.5. The van der Waals surface area contributed by atoms with Gasteiger partial charge in [-0.3, -0.25) is 39.5 Å². The first-order valence-corrected chi connectivity index (χ1v) is 43.9. The van der Waals surface area contributed by atoms with Crippen LogP contribution in [0.15, 0.2) is 134 Å². The van der Waals surface area contributed by atoms with E-state index in [2.05, 4.69) is 260 Å². The van der Waals surface area contributed by atoms with Crippen LogP contribution in [-0.2, 0) is 78.0 Å². The Morgan fingerprint density at radius 2 is 0.684 bits per heavy atom. The summed E-state index contributed by atoms with van der Waals surface area (Å²) in [7, 11) is 8.73. The van der Waals surface area contributed by atoms with Crippen molar-refractivity contribution in [1.82, 2.24) is 60.8 Å². The molecule has 117 heavy (non-hydrogen) atoms. The number of anilines is 4. The standard InChI is InChI=1S/C25H35FN4.C25H36N4.2C24H33FN4/c1-18-12-19(2)23(28-14-18)17-29(4)16-21-13-22-20(15-27-21)6-5-7-24(22)30-10-8-25(3,26)9-11-30;1-18-8-10-29(11-9-18)25-7-5-6-21-15-26-22(13-23(21)25)16-28(4)17-24-20(3)12-19(2)14-27-24;1-18-6-5-11-26-22(18)17-28(3)16-20-14-21-19(15-27-20)7-4-8-23(21)29-12-9-24(2,25)10-13-29;1-18-7-8-20(26-14-18)16-28(3)17-21-13-22-19(15-27-21)5-4-6-23(22)29-11-9-24(2,25)10-12-29/h5-7,12,14,21,27H,8-11,13,15-17H2,1-4H3;5-7,12,14,18,22,26H,8-11,13,15-17H2,1-4H3;4-8,11,20,27H,9-10,12-17H2,1-3H3;4-8,14,21,27H,9-13,15-17H2,1-3H3/t21-;22-;20-;21-/m1111/s1. The number of rotatable bonds is 20. The fourth-order valence-electron chi connectivity index (χ4n) is 18.9. The van der Waals surface area contributed by atoms with E-state index in [1.807, 2.05) is 30.9 Å². The summed E-state index contributed by atoms with van der Waals surface area (Å²) in [5.74, 6) is 0.868. The molecule has 0 bridgehead atoms. The van der Waals surface area contributed by atoms with E-state index in [0.717, 1.165) is 166 Å². The van der Waals surface area contributed by atoms with Crippen molar-refractivity contribution in [1.29, 1.82) is 0 Å². The van der Waals surface area contributed by atoms with Crippen LogP contribution in [0.5, 0.6) is 0 Å². The van der Waals surface area contributed by atoms with E-state index >= 15 is 0 Å². The zero-order valence-corrected chi connectivity index (χ0v) is 73.2. The lowest BCUT2D eigenvalue weighted by molar-refractivity contribution is 0.148. The van der Waals surface area contributed by atoms with Gasteiger partial charge in [-0.2, -0.15) is 0 Å². The van der Waals surface area contributed by atoms with Crippen molar-refractivity contribution in [2.45, 2.75) is 240 Å². The molecule has 0 spiro atoms. The van der Waals surface area contributed by atoms with Gasteiger partial charge in [0.2, 0.25) is 0 Å². The summed E-state index contributed by atoms with van der Waals surface area (Å²) in [6, 6.07) is 41.2. The summed E-state index contributed by atoms with van der Waals surface area (Å²) in [5, 5.41) is 14.9. The molecule has 4 N–H and O–H groups in total. The van der Waals surface area contributed by atoms with Crippen LogP contribution in [0.2, 0.25) is 0 Å². The van der Waals surface area contributed by atoms with Crippen LogP contribution in [0.25, 0.3) is 0 Å². The van der Waals surface area contributed by atoms with Crippen molar-refractivity contribution >= 4 is 22.7 Å². The Balaban J connectivity index is 0.000000135. The Kier molecular flexibility index (Phi) is 29.4. The number of halogens is 3. The molecule has 16 nitrogen and oxygen atoms in total. The molecule has 0 radical (unpaired) electrons. The maximum absolute atomic E-state index is 14.3. The molecule has 4 saturated heterocycles. The van der Waals surface area contributed by atoms with Gasteiger partial charge in [-0.05, 0) is 288 Å². The van der Waals surface area contributed by atoms with E-state index in [1.165, 1.54) is 127 Å². The lowest BCUT2D eigenvalue weighted by Gasteiger charge is -2.39. The normalized spacial score (nSPS) is 20.9. The van der Waals surface area contributed by atoms with Crippen molar-refractivity contribution in [3.05, 3.63) is 235 Å². The number of aryl methyl sites for hydroxylation is 6. The molecular weight excluding hydrogens is 1460 g/mol. The lowest BCUT2D eigenvalue weighted by Crippen LogP contribution is -2.45. The topological polar surface area (TPSA) is 126 Å². The van der Waals surface area contributed by atoms with Crippen LogP contribution in [0.3, 0.4) is 0 Å². The summed E-state index contributed by atoms with van der Waals surface area (Å²) < 4.78 is 42.8. The van der Waals surface area contributed by atoms with Crippen LogP contribution in [0, 0.1) is 47.5 Å². The molecule has 4 aromatic carbocycles. The van der Waals surface area contributed by atoms with Crippen molar-refractivity contribution in [3.8, 4) is 0 Å². The second-order valence-electron chi connectivity index (χ2n) is 37.1. The fraction of sp³-hybridized carbons (Fsp3) is 0.551. The maximum Gasteiger partial charge on any atom is 0.111 e. The van der Waals surface area contributed by atoms with Gasteiger partial charge >= 0.3 is 0 Å². The number of nitrogens with one attached hydrogen (secondary N) is 4. The SMILES string of the molecule is Cc1ccc(CN(C)C[C@H]2Cc3c(cccc3N3CCC(C)(F)CC3)CN2)nc1.Cc1cccnc1CN(C)C[C@H]1Cc2c(cccc2N2CCC(C)(F)CC2)CN1.Cc1cnc(CN(C)C[C@H]2Cc3c(cccc3N3CCC(C)(F)CC3)CN2)c(C)c1.Cc1cnc(CN(C)C[C@H]2Cc3c(cccc3N3CCC(C)CC3)CN2)c(C)c1. The van der Waals surface area contributed by atoms with Gasteiger partial charge in [0.25, 0.3) is 0 Å². The van der Waals surface area contributed by atoms with E-state index < -0.39 is 17.0 Å². The minimum absolute atomic E-state index is 0.408. The van der Waals surface area contributed by atoms with Crippen molar-refractivity contribution < 1.29 is 13.2 Å². The number of likely N-dealkylation sites (N-methyl/N-ethyl adjacent to an activating group) is 4. The first-order chi connectivity index (χ1) is 56.1. The second-order valence-corrected chi connectivity index (χ2v) is 37.1. The van der Waals surface area contributed by atoms with E-state index in [9.17, 15) is 13.2 Å². The molecule has 4 fully saturated rings. The molecular formula is C98H137F3N16. The highest BCUT2D eigenvalue weighted by molar-refractivity contribution is 5.62. The molecule has 12 heterocycles. The summed E-state index contributed by atoms with van der Waals surface area (Å²) in [4.78, 5) is 37.7. The van der Waals surface area contributed by atoms with Crippen molar-refractivity contribution in [2.24, 2.45) is 5.92 Å². The van der Waals surface area contributed by atoms with Crippen LogP contribution in [0.1, 0.15) is 180 Å². The Bertz CT molecular complexity index is 4530. The zero-order valence-electron chi connectivity index (χ0n) is 73.2. The summed E-state index contributed by atoms with van der Waals surface area (Å²) >= 11 is 0. The number of pyridine rings is 4. The second kappa shape index (κ2) is 39.6. The average Bonchev–Trinajstić information content (AvgIpc) is 0.828. The highest BCUT2D eigenvalue weighted by atomic mass is 19.2. The number of hydrogen-bond acceptors (Lipinski definition) is 16. The van der Waals surface area contributed by atoms with Crippen molar-refractivity contribution in [2.75, 3.05) is 126 Å².